The summed E-state index contributed by atoms with van der Waals surface area (Å²) in [7, 11) is 0. The second kappa shape index (κ2) is 4.75. The molecule has 3 nitrogen and oxygen atoms in total. The van der Waals surface area contributed by atoms with Gasteiger partial charge in [-0.15, -0.1) is 0 Å². The number of carbonyl (C=O) groups excluding carboxylic acids is 2. The quantitative estimate of drug-likeness (QED) is 0.818. The van der Waals surface area contributed by atoms with Gasteiger partial charge in [0.15, 0.2) is 5.12 Å². The summed E-state index contributed by atoms with van der Waals surface area (Å²) in [4.78, 5) is 22.5. The van der Waals surface area contributed by atoms with Crippen molar-refractivity contribution in [2.75, 3.05) is 0 Å². The molecule has 2 aromatic rings. The molecule has 17 heavy (non-hydrogen) atoms. The highest BCUT2D eigenvalue weighted by atomic mass is 32.2. The van der Waals surface area contributed by atoms with Crippen LogP contribution in [0.25, 0.3) is 10.9 Å². The van der Waals surface area contributed by atoms with E-state index in [4.69, 9.17) is 0 Å². The Morgan fingerprint density at radius 2 is 1.94 bits per heavy atom. The molecular formula is C13H13NO2S. The summed E-state index contributed by atoms with van der Waals surface area (Å²) >= 11 is 1.26. The van der Waals surface area contributed by atoms with Crippen LogP contribution in [0.4, 0.5) is 0 Å². The van der Waals surface area contributed by atoms with Gasteiger partial charge in [-0.1, -0.05) is 30.0 Å². The molecule has 0 unspecified atom stereocenters. The van der Waals surface area contributed by atoms with Crippen LogP contribution in [0.2, 0.25) is 0 Å². The number of nitrogens with zero attached hydrogens (tertiary/aromatic N) is 1. The Morgan fingerprint density at radius 1 is 1.24 bits per heavy atom. The molecule has 0 bridgehead atoms. The van der Waals surface area contributed by atoms with E-state index in [1.807, 2.05) is 30.5 Å². The van der Waals surface area contributed by atoms with Gasteiger partial charge in [0.25, 0.3) is 0 Å². The number of rotatable bonds is 2. The van der Waals surface area contributed by atoms with Crippen molar-refractivity contribution in [1.29, 1.82) is 0 Å². The Morgan fingerprint density at radius 3 is 2.59 bits per heavy atom. The van der Waals surface area contributed by atoms with Crippen molar-refractivity contribution in [2.24, 2.45) is 0 Å². The SMILES string of the molecule is CC(=O)SCc1cn(C(C)=O)c2ccccc12. The third-order valence-electron chi connectivity index (χ3n) is 2.56. The third kappa shape index (κ3) is 2.42. The predicted octanol–water partition coefficient (Wildman–Crippen LogP) is 3.08. The first-order chi connectivity index (χ1) is 8.09. The summed E-state index contributed by atoms with van der Waals surface area (Å²) in [5.41, 5.74) is 1.93. The van der Waals surface area contributed by atoms with E-state index in [9.17, 15) is 9.59 Å². The molecule has 4 heteroatoms. The molecule has 0 aliphatic heterocycles. The summed E-state index contributed by atoms with van der Waals surface area (Å²) in [6.07, 6.45) is 1.82. The first-order valence-corrected chi connectivity index (χ1v) is 6.31. The molecule has 0 spiro atoms. The fraction of sp³-hybridized carbons (Fsp3) is 0.231. The largest absolute Gasteiger partial charge is 0.288 e. The van der Waals surface area contributed by atoms with Gasteiger partial charge >= 0.3 is 0 Å². The second-order valence-corrected chi connectivity index (χ2v) is 4.99. The number of aromatic nitrogens is 1. The summed E-state index contributed by atoms with van der Waals surface area (Å²) in [6, 6.07) is 7.74. The van der Waals surface area contributed by atoms with Gasteiger partial charge in [0.05, 0.1) is 5.52 Å². The van der Waals surface area contributed by atoms with E-state index >= 15 is 0 Å². The lowest BCUT2D eigenvalue weighted by atomic mass is 10.2. The monoisotopic (exact) mass is 247 g/mol. The zero-order chi connectivity index (χ0) is 12.4. The number of thioether (sulfide) groups is 1. The van der Waals surface area contributed by atoms with Gasteiger partial charge in [0, 0.05) is 31.2 Å². The number of benzene rings is 1. The smallest absolute Gasteiger partial charge is 0.227 e. The van der Waals surface area contributed by atoms with Crippen LogP contribution in [0.1, 0.15) is 24.2 Å². The molecule has 0 aliphatic rings. The summed E-state index contributed by atoms with van der Waals surface area (Å²) in [6.45, 7) is 3.09. The average molecular weight is 247 g/mol. The van der Waals surface area contributed by atoms with E-state index in [1.54, 1.807) is 11.5 Å². The minimum Gasteiger partial charge on any atom is -0.288 e. The van der Waals surface area contributed by atoms with Crippen LogP contribution in [0.3, 0.4) is 0 Å². The molecule has 0 saturated heterocycles. The van der Waals surface area contributed by atoms with Crippen LogP contribution < -0.4 is 0 Å². The van der Waals surface area contributed by atoms with E-state index in [0.29, 0.717) is 5.75 Å². The van der Waals surface area contributed by atoms with Gasteiger partial charge in [0.1, 0.15) is 0 Å². The van der Waals surface area contributed by atoms with E-state index in [1.165, 1.54) is 18.7 Å². The third-order valence-corrected chi connectivity index (χ3v) is 3.43. The van der Waals surface area contributed by atoms with Crippen LogP contribution in [-0.2, 0) is 10.5 Å². The fourth-order valence-corrected chi connectivity index (χ4v) is 2.39. The molecule has 88 valence electrons. The Bertz CT molecular complexity index is 586. The van der Waals surface area contributed by atoms with Crippen molar-refractivity contribution in [3.05, 3.63) is 36.0 Å². The lowest BCUT2D eigenvalue weighted by Gasteiger charge is -1.97. The standard InChI is InChI=1S/C13H13NO2S/c1-9(15)14-7-11(8-17-10(2)16)12-5-3-4-6-13(12)14/h3-7H,8H2,1-2H3. The molecular weight excluding hydrogens is 234 g/mol. The predicted molar refractivity (Wildman–Crippen MR) is 70.2 cm³/mol. The van der Waals surface area contributed by atoms with Crippen molar-refractivity contribution in [1.82, 2.24) is 4.57 Å². The molecule has 0 aliphatic carbocycles. The van der Waals surface area contributed by atoms with Crippen molar-refractivity contribution in [3.63, 3.8) is 0 Å². The maximum absolute atomic E-state index is 11.5. The first kappa shape index (κ1) is 11.9. The molecule has 1 aromatic carbocycles. The van der Waals surface area contributed by atoms with Gasteiger partial charge < -0.3 is 0 Å². The van der Waals surface area contributed by atoms with Gasteiger partial charge in [-0.2, -0.15) is 0 Å². The van der Waals surface area contributed by atoms with Gasteiger partial charge in [0.2, 0.25) is 5.91 Å². The lowest BCUT2D eigenvalue weighted by molar-refractivity contribution is -0.109. The average Bonchev–Trinajstić information content (AvgIpc) is 2.65. The first-order valence-electron chi connectivity index (χ1n) is 5.33. The van der Waals surface area contributed by atoms with Crippen molar-refractivity contribution in [2.45, 2.75) is 19.6 Å². The highest BCUT2D eigenvalue weighted by Crippen LogP contribution is 2.25. The Hall–Kier alpha value is -1.55. The zero-order valence-corrected chi connectivity index (χ0v) is 10.6. The number of hydrogen-bond donors (Lipinski definition) is 0. The van der Waals surface area contributed by atoms with E-state index in [0.717, 1.165) is 16.5 Å². The van der Waals surface area contributed by atoms with Gasteiger partial charge in [-0.05, 0) is 11.6 Å². The van der Waals surface area contributed by atoms with E-state index < -0.39 is 0 Å². The number of hydrogen-bond acceptors (Lipinski definition) is 3. The highest BCUT2D eigenvalue weighted by molar-refractivity contribution is 8.12. The van der Waals surface area contributed by atoms with E-state index in [-0.39, 0.29) is 11.0 Å². The Labute approximate surface area is 104 Å². The van der Waals surface area contributed by atoms with Crippen LogP contribution >= 0.6 is 11.8 Å². The molecule has 0 amide bonds. The minimum absolute atomic E-state index is 0.0136. The van der Waals surface area contributed by atoms with Crippen LogP contribution in [0, 0.1) is 0 Å². The van der Waals surface area contributed by atoms with Crippen molar-refractivity contribution < 1.29 is 9.59 Å². The maximum atomic E-state index is 11.5. The fourth-order valence-electron chi connectivity index (χ4n) is 1.81. The molecule has 1 aromatic heterocycles. The molecule has 0 saturated carbocycles. The van der Waals surface area contributed by atoms with E-state index in [2.05, 4.69) is 0 Å². The van der Waals surface area contributed by atoms with Crippen molar-refractivity contribution in [3.8, 4) is 0 Å². The molecule has 0 N–H and O–H groups in total. The minimum atomic E-state index is -0.0136. The van der Waals surface area contributed by atoms with Crippen molar-refractivity contribution >= 4 is 33.7 Å². The Kier molecular flexibility index (Phi) is 3.33. The molecule has 1 heterocycles. The van der Waals surface area contributed by atoms with Crippen LogP contribution in [0.5, 0.6) is 0 Å². The van der Waals surface area contributed by atoms with Gasteiger partial charge in [-0.3, -0.25) is 14.2 Å². The second-order valence-electron chi connectivity index (χ2n) is 3.84. The molecule has 0 radical (unpaired) electrons. The van der Waals surface area contributed by atoms with Gasteiger partial charge in [-0.25, -0.2) is 0 Å². The lowest BCUT2D eigenvalue weighted by Crippen LogP contribution is -2.02. The molecule has 2 rings (SSSR count). The number of carbonyl (C=O) groups is 2. The summed E-state index contributed by atoms with van der Waals surface area (Å²) < 4.78 is 1.63. The Balaban J connectivity index is 2.49. The highest BCUT2D eigenvalue weighted by Gasteiger charge is 2.10. The zero-order valence-electron chi connectivity index (χ0n) is 9.77. The van der Waals surface area contributed by atoms with Crippen LogP contribution in [0.15, 0.2) is 30.5 Å². The summed E-state index contributed by atoms with van der Waals surface area (Å²) in [5.74, 6) is 0.594. The molecule has 0 atom stereocenters. The summed E-state index contributed by atoms with van der Waals surface area (Å²) in [5, 5.41) is 1.13. The molecule has 0 fully saturated rings. The number of para-hydroxylation sites is 1. The maximum Gasteiger partial charge on any atom is 0.227 e. The number of fused-ring (bicyclic) bond motifs is 1. The topological polar surface area (TPSA) is 39.1 Å². The van der Waals surface area contributed by atoms with Crippen LogP contribution in [-0.4, -0.2) is 15.6 Å². The normalized spacial score (nSPS) is 10.7.